The lowest BCUT2D eigenvalue weighted by atomic mass is 9.88. The standard InChI is InChI=1S/C22H32N3O5/c1-22(2,10-6-11-23)16-24-15-19(26)18(14-17-8-4-3-5-9-17)25(20(27)28)21-29-12-7-13-30-21/h3-5,7-9,18-19,21,24,26H,6,10,12-16H2,1-2H3,(H,27,28)/t18-,19-/m0/s1. The zero-order valence-corrected chi connectivity index (χ0v) is 17.7. The Morgan fingerprint density at radius 1 is 1.33 bits per heavy atom. The molecule has 165 valence electrons. The normalized spacial score (nSPS) is 17.1. The fourth-order valence-corrected chi connectivity index (χ4v) is 3.40. The molecule has 1 radical (unpaired) electrons. The highest BCUT2D eigenvalue weighted by Crippen LogP contribution is 2.22. The number of hydrogen-bond donors (Lipinski definition) is 3. The van der Waals surface area contributed by atoms with Crippen molar-refractivity contribution in [1.29, 1.82) is 5.26 Å². The monoisotopic (exact) mass is 418 g/mol. The molecule has 1 aromatic carbocycles. The van der Waals surface area contributed by atoms with Gasteiger partial charge >= 0.3 is 6.09 Å². The van der Waals surface area contributed by atoms with E-state index in [0.717, 1.165) is 16.9 Å². The molecular formula is C22H32N3O5. The summed E-state index contributed by atoms with van der Waals surface area (Å²) in [6, 6.07) is 10.8. The molecule has 1 fully saturated rings. The van der Waals surface area contributed by atoms with Gasteiger partial charge < -0.3 is 25.0 Å². The molecule has 1 aliphatic heterocycles. The van der Waals surface area contributed by atoms with E-state index in [0.29, 0.717) is 19.4 Å². The Bertz CT molecular complexity index is 686. The summed E-state index contributed by atoms with van der Waals surface area (Å²) in [5, 5.41) is 32.8. The summed E-state index contributed by atoms with van der Waals surface area (Å²) in [4.78, 5) is 13.1. The predicted octanol–water partition coefficient (Wildman–Crippen LogP) is 2.39. The Labute approximate surface area is 178 Å². The van der Waals surface area contributed by atoms with Gasteiger partial charge in [0.05, 0.1) is 31.4 Å². The number of carboxylic acid groups (broad SMARTS) is 1. The van der Waals surface area contributed by atoms with Gasteiger partial charge in [0.2, 0.25) is 6.41 Å². The molecule has 30 heavy (non-hydrogen) atoms. The van der Waals surface area contributed by atoms with Crippen LogP contribution in [0.5, 0.6) is 0 Å². The third-order valence-electron chi connectivity index (χ3n) is 5.12. The van der Waals surface area contributed by atoms with Gasteiger partial charge in [-0.1, -0.05) is 44.2 Å². The summed E-state index contributed by atoms with van der Waals surface area (Å²) < 4.78 is 11.0. The zero-order valence-electron chi connectivity index (χ0n) is 17.7. The van der Waals surface area contributed by atoms with Crippen molar-refractivity contribution >= 4 is 6.09 Å². The summed E-state index contributed by atoms with van der Waals surface area (Å²) in [6.45, 7) is 5.48. The smallest absolute Gasteiger partial charge is 0.411 e. The average molecular weight is 419 g/mol. The first kappa shape index (κ1) is 24.1. The fourth-order valence-electron chi connectivity index (χ4n) is 3.40. The van der Waals surface area contributed by atoms with Crippen LogP contribution < -0.4 is 5.32 Å². The van der Waals surface area contributed by atoms with Gasteiger partial charge in [0.25, 0.3) is 0 Å². The van der Waals surface area contributed by atoms with Crippen LogP contribution in [0.25, 0.3) is 0 Å². The van der Waals surface area contributed by atoms with Crippen LogP contribution in [0.2, 0.25) is 0 Å². The van der Waals surface area contributed by atoms with Crippen molar-refractivity contribution in [2.24, 2.45) is 5.41 Å². The lowest BCUT2D eigenvalue weighted by Gasteiger charge is -2.39. The summed E-state index contributed by atoms with van der Waals surface area (Å²) in [5.74, 6) is 0. The van der Waals surface area contributed by atoms with E-state index in [4.69, 9.17) is 14.7 Å². The molecule has 1 aromatic rings. The number of nitriles is 1. The molecule has 0 bridgehead atoms. The summed E-state index contributed by atoms with van der Waals surface area (Å²) >= 11 is 0. The predicted molar refractivity (Wildman–Crippen MR) is 111 cm³/mol. The lowest BCUT2D eigenvalue weighted by molar-refractivity contribution is -0.239. The van der Waals surface area contributed by atoms with E-state index >= 15 is 0 Å². The first-order valence-electron chi connectivity index (χ1n) is 10.2. The SMILES string of the molecule is CC(C)(CCC#N)CNC[C@H](O)[C@H](Cc1ccccc1)N(C(=O)O)C1OC[CH]CO1. The van der Waals surface area contributed by atoms with E-state index in [1.165, 1.54) is 0 Å². The van der Waals surface area contributed by atoms with Crippen molar-refractivity contribution in [3.8, 4) is 6.07 Å². The van der Waals surface area contributed by atoms with Crippen molar-refractivity contribution in [2.75, 3.05) is 26.3 Å². The third-order valence-corrected chi connectivity index (χ3v) is 5.12. The minimum atomic E-state index is -1.21. The molecule has 2 atom stereocenters. The van der Waals surface area contributed by atoms with Gasteiger partial charge in [-0.25, -0.2) is 4.79 Å². The summed E-state index contributed by atoms with van der Waals surface area (Å²) in [5.41, 5.74) is 0.798. The van der Waals surface area contributed by atoms with Gasteiger partial charge in [-0.3, -0.25) is 4.90 Å². The Hall–Kier alpha value is -2.18. The topological polar surface area (TPSA) is 115 Å². The number of nitrogens with one attached hydrogen (secondary N) is 1. The molecule has 0 aromatic heterocycles. The van der Waals surface area contributed by atoms with Crippen LogP contribution in [0.1, 0.15) is 32.3 Å². The van der Waals surface area contributed by atoms with E-state index in [9.17, 15) is 15.0 Å². The molecule has 1 heterocycles. The van der Waals surface area contributed by atoms with Crippen LogP contribution in [0.3, 0.4) is 0 Å². The largest absolute Gasteiger partial charge is 0.465 e. The van der Waals surface area contributed by atoms with Crippen LogP contribution in [0, 0.1) is 23.2 Å². The first-order chi connectivity index (χ1) is 14.3. The molecular weight excluding hydrogens is 386 g/mol. The molecule has 8 nitrogen and oxygen atoms in total. The number of hydrogen-bond acceptors (Lipinski definition) is 6. The quantitative estimate of drug-likeness (QED) is 0.505. The molecule has 0 saturated carbocycles. The van der Waals surface area contributed by atoms with Gasteiger partial charge in [-0.2, -0.15) is 5.26 Å². The van der Waals surface area contributed by atoms with Crippen LogP contribution in [0.4, 0.5) is 4.79 Å². The van der Waals surface area contributed by atoms with Crippen molar-refractivity contribution in [1.82, 2.24) is 10.2 Å². The van der Waals surface area contributed by atoms with Crippen molar-refractivity contribution in [3.63, 3.8) is 0 Å². The van der Waals surface area contributed by atoms with E-state index in [1.54, 1.807) is 6.42 Å². The maximum Gasteiger partial charge on any atom is 0.411 e. The van der Waals surface area contributed by atoms with E-state index in [-0.39, 0.29) is 25.2 Å². The minimum Gasteiger partial charge on any atom is -0.465 e. The van der Waals surface area contributed by atoms with Gasteiger partial charge in [-0.05, 0) is 23.8 Å². The van der Waals surface area contributed by atoms with Crippen LogP contribution in [-0.2, 0) is 15.9 Å². The Morgan fingerprint density at radius 3 is 2.60 bits per heavy atom. The Balaban J connectivity index is 2.11. The molecule has 2 rings (SSSR count). The van der Waals surface area contributed by atoms with E-state index < -0.39 is 24.7 Å². The fraction of sp³-hybridized carbons (Fsp3) is 0.591. The molecule has 0 unspecified atom stereocenters. The number of carbonyl (C=O) groups is 1. The van der Waals surface area contributed by atoms with Crippen molar-refractivity contribution in [3.05, 3.63) is 42.3 Å². The van der Waals surface area contributed by atoms with Gasteiger partial charge in [0.15, 0.2) is 0 Å². The number of benzene rings is 1. The van der Waals surface area contributed by atoms with Crippen molar-refractivity contribution in [2.45, 2.75) is 51.7 Å². The number of aliphatic hydroxyl groups is 1. The summed E-state index contributed by atoms with van der Waals surface area (Å²) in [6.07, 6.45) is 0.0331. The molecule has 8 heteroatoms. The second-order valence-electron chi connectivity index (χ2n) is 8.23. The third kappa shape index (κ3) is 7.58. The second-order valence-corrected chi connectivity index (χ2v) is 8.23. The summed E-state index contributed by atoms with van der Waals surface area (Å²) in [7, 11) is 0. The van der Waals surface area contributed by atoms with E-state index in [2.05, 4.69) is 25.2 Å². The van der Waals surface area contributed by atoms with Crippen molar-refractivity contribution < 1.29 is 24.5 Å². The second kappa shape index (κ2) is 11.9. The molecule has 1 aliphatic rings. The minimum absolute atomic E-state index is 0.109. The molecule has 0 spiro atoms. The Kier molecular flexibility index (Phi) is 9.53. The van der Waals surface area contributed by atoms with Crippen LogP contribution >= 0.6 is 0 Å². The van der Waals surface area contributed by atoms with Gasteiger partial charge in [-0.15, -0.1) is 0 Å². The van der Waals surface area contributed by atoms with E-state index in [1.807, 2.05) is 30.3 Å². The number of nitrogens with zero attached hydrogens (tertiary/aromatic N) is 2. The Morgan fingerprint density at radius 2 is 2.00 bits per heavy atom. The van der Waals surface area contributed by atoms with Gasteiger partial charge in [0, 0.05) is 25.9 Å². The highest BCUT2D eigenvalue weighted by atomic mass is 16.7. The molecule has 1 amide bonds. The maximum absolute atomic E-state index is 12.1. The zero-order chi connectivity index (χ0) is 22.0. The lowest BCUT2D eigenvalue weighted by Crippen LogP contribution is -2.57. The van der Waals surface area contributed by atoms with Crippen LogP contribution in [0.15, 0.2) is 30.3 Å². The maximum atomic E-state index is 12.1. The highest BCUT2D eigenvalue weighted by Gasteiger charge is 2.37. The number of ether oxygens (including phenoxy) is 2. The first-order valence-corrected chi connectivity index (χ1v) is 10.2. The molecule has 0 aliphatic carbocycles. The van der Waals surface area contributed by atoms with Gasteiger partial charge in [0.1, 0.15) is 0 Å². The molecule has 3 N–H and O–H groups in total. The number of amides is 1. The van der Waals surface area contributed by atoms with Crippen LogP contribution in [-0.4, -0.2) is 66.1 Å². The number of rotatable bonds is 11. The molecule has 1 saturated heterocycles. The highest BCUT2D eigenvalue weighted by molar-refractivity contribution is 5.65. The number of aliphatic hydroxyl groups excluding tert-OH is 1. The average Bonchev–Trinajstić information content (AvgIpc) is 2.73.